The number of amides is 1. The van der Waals surface area contributed by atoms with E-state index in [4.69, 9.17) is 4.43 Å². The van der Waals surface area contributed by atoms with Crippen LogP contribution in [0.5, 0.6) is 0 Å². The van der Waals surface area contributed by atoms with Crippen molar-refractivity contribution in [2.75, 3.05) is 6.54 Å². The third-order valence-corrected chi connectivity index (χ3v) is 2.69. The highest BCUT2D eigenvalue weighted by Gasteiger charge is 2.19. The molecule has 0 aromatic rings. The quantitative estimate of drug-likeness (QED) is 0.552. The highest BCUT2D eigenvalue weighted by atomic mass is 28.4. The zero-order valence-electron chi connectivity index (χ0n) is 10.8. The first-order valence-corrected chi connectivity index (χ1v) is 9.18. The van der Waals surface area contributed by atoms with Gasteiger partial charge in [0.15, 0.2) is 0 Å². The summed E-state index contributed by atoms with van der Waals surface area (Å²) < 4.78 is 5.31. The molecular weight excluding hydrogens is 222 g/mol. The minimum absolute atomic E-state index is 0.00172. The Morgan fingerprint density at radius 1 is 1.12 bits per heavy atom. The summed E-state index contributed by atoms with van der Waals surface area (Å²) in [5.41, 5.74) is 0. The van der Waals surface area contributed by atoms with Crippen LogP contribution < -0.4 is 5.32 Å². The van der Waals surface area contributed by atoms with E-state index in [0.717, 1.165) is 19.3 Å². The third kappa shape index (κ3) is 11.2. The first kappa shape index (κ1) is 15.2. The molecule has 0 aromatic carbocycles. The van der Waals surface area contributed by atoms with Gasteiger partial charge < -0.3 is 9.74 Å². The third-order valence-electron chi connectivity index (χ3n) is 1.85. The molecule has 0 saturated carbocycles. The Bertz CT molecular complexity index is 236. The second-order valence-electron chi connectivity index (χ2n) is 4.88. The Morgan fingerprint density at radius 2 is 1.75 bits per heavy atom. The number of carbonyl (C=O) groups is 2. The topological polar surface area (TPSA) is 55.4 Å². The van der Waals surface area contributed by atoms with Gasteiger partial charge in [-0.25, -0.2) is 0 Å². The van der Waals surface area contributed by atoms with Gasteiger partial charge in [0, 0.05) is 19.9 Å². The van der Waals surface area contributed by atoms with Gasteiger partial charge >= 0.3 is 0 Å². The number of carbonyl (C=O) groups excluding carboxylic acids is 2. The van der Waals surface area contributed by atoms with E-state index in [1.165, 1.54) is 6.92 Å². The molecule has 0 aliphatic heterocycles. The van der Waals surface area contributed by atoms with E-state index in [-0.39, 0.29) is 11.9 Å². The lowest BCUT2D eigenvalue weighted by Gasteiger charge is -2.17. The largest absolute Gasteiger partial charge is 0.520 e. The van der Waals surface area contributed by atoms with Gasteiger partial charge in [-0.1, -0.05) is 6.42 Å². The predicted molar refractivity (Wildman–Crippen MR) is 66.6 cm³/mol. The molecule has 0 spiro atoms. The van der Waals surface area contributed by atoms with Crippen LogP contribution in [0.25, 0.3) is 0 Å². The highest BCUT2D eigenvalue weighted by Crippen LogP contribution is 2.07. The molecule has 0 aliphatic rings. The molecule has 94 valence electrons. The van der Waals surface area contributed by atoms with E-state index >= 15 is 0 Å². The van der Waals surface area contributed by atoms with E-state index in [1.807, 2.05) is 19.6 Å². The Kier molecular flexibility index (Phi) is 7.04. The lowest BCUT2D eigenvalue weighted by molar-refractivity contribution is -0.135. The molecule has 1 N–H and O–H groups in total. The minimum Gasteiger partial charge on any atom is -0.520 e. The van der Waals surface area contributed by atoms with Gasteiger partial charge in [-0.2, -0.15) is 0 Å². The standard InChI is InChI=1S/C11H23NO3Si/c1-10(13)12-9-7-5-6-8-11(14)15-16(2,3)4/h5-9H2,1-4H3,(H,12,13). The highest BCUT2D eigenvalue weighted by molar-refractivity contribution is 6.71. The minimum atomic E-state index is -1.72. The van der Waals surface area contributed by atoms with Gasteiger partial charge in [0.2, 0.25) is 14.2 Å². The molecule has 0 unspecified atom stereocenters. The number of hydrogen-bond acceptors (Lipinski definition) is 3. The van der Waals surface area contributed by atoms with Gasteiger partial charge in [0.05, 0.1) is 0 Å². The molecule has 0 saturated heterocycles. The summed E-state index contributed by atoms with van der Waals surface area (Å²) in [5.74, 6) is -0.0863. The van der Waals surface area contributed by atoms with E-state index in [2.05, 4.69) is 5.32 Å². The predicted octanol–water partition coefficient (Wildman–Crippen LogP) is 2.06. The summed E-state index contributed by atoms with van der Waals surface area (Å²) in [6.45, 7) is 8.20. The van der Waals surface area contributed by atoms with Crippen LogP contribution in [0.15, 0.2) is 0 Å². The van der Waals surface area contributed by atoms with E-state index < -0.39 is 8.32 Å². The molecule has 0 atom stereocenters. The number of nitrogens with one attached hydrogen (secondary N) is 1. The average molecular weight is 245 g/mol. The molecule has 0 aliphatic carbocycles. The Hall–Kier alpha value is -0.843. The molecule has 1 amide bonds. The van der Waals surface area contributed by atoms with Gasteiger partial charge in [0.25, 0.3) is 5.97 Å². The normalized spacial score (nSPS) is 11.0. The van der Waals surface area contributed by atoms with Crippen molar-refractivity contribution in [1.29, 1.82) is 0 Å². The zero-order valence-corrected chi connectivity index (χ0v) is 11.8. The van der Waals surface area contributed by atoms with Gasteiger partial charge in [-0.3, -0.25) is 9.59 Å². The molecule has 16 heavy (non-hydrogen) atoms. The van der Waals surface area contributed by atoms with Crippen LogP contribution in [-0.2, 0) is 14.0 Å². The fraction of sp³-hybridized carbons (Fsp3) is 0.818. The van der Waals surface area contributed by atoms with Crippen molar-refractivity contribution < 1.29 is 14.0 Å². The van der Waals surface area contributed by atoms with Crippen molar-refractivity contribution in [2.24, 2.45) is 0 Å². The molecule has 4 nitrogen and oxygen atoms in total. The molecule has 0 aromatic heterocycles. The van der Waals surface area contributed by atoms with Crippen LogP contribution in [0.1, 0.15) is 32.6 Å². The summed E-state index contributed by atoms with van der Waals surface area (Å²) in [6, 6.07) is 0. The maximum Gasteiger partial charge on any atom is 0.292 e. The Balaban J connectivity index is 3.38. The number of unbranched alkanes of at least 4 members (excludes halogenated alkanes) is 2. The van der Waals surface area contributed by atoms with Gasteiger partial charge in [-0.05, 0) is 32.5 Å². The fourth-order valence-corrected chi connectivity index (χ4v) is 2.01. The Morgan fingerprint density at radius 3 is 2.25 bits per heavy atom. The molecule has 0 radical (unpaired) electrons. The summed E-state index contributed by atoms with van der Waals surface area (Å²) in [7, 11) is -1.72. The van der Waals surface area contributed by atoms with Crippen molar-refractivity contribution >= 4 is 20.2 Å². The molecule has 5 heteroatoms. The molecular formula is C11H23NO3Si. The average Bonchev–Trinajstić information content (AvgIpc) is 2.07. The van der Waals surface area contributed by atoms with Gasteiger partial charge in [0.1, 0.15) is 0 Å². The van der Waals surface area contributed by atoms with Crippen molar-refractivity contribution in [2.45, 2.75) is 52.2 Å². The number of rotatable bonds is 7. The van der Waals surface area contributed by atoms with E-state index in [1.54, 1.807) is 0 Å². The lowest BCUT2D eigenvalue weighted by Crippen LogP contribution is -2.29. The molecule has 0 heterocycles. The Labute approximate surface area is 98.9 Å². The lowest BCUT2D eigenvalue weighted by atomic mass is 10.2. The number of hydrogen-bond donors (Lipinski definition) is 1. The maximum atomic E-state index is 11.3. The maximum absolute atomic E-state index is 11.3. The first-order chi connectivity index (χ1) is 7.31. The van der Waals surface area contributed by atoms with Crippen molar-refractivity contribution in [3.8, 4) is 0 Å². The zero-order chi connectivity index (χ0) is 12.6. The molecule has 0 fully saturated rings. The van der Waals surface area contributed by atoms with E-state index in [0.29, 0.717) is 13.0 Å². The smallest absolute Gasteiger partial charge is 0.292 e. The molecule has 0 rings (SSSR count). The van der Waals surface area contributed by atoms with Crippen LogP contribution >= 0.6 is 0 Å². The summed E-state index contributed by atoms with van der Waals surface area (Å²) >= 11 is 0. The summed E-state index contributed by atoms with van der Waals surface area (Å²) in [4.78, 5) is 21.9. The van der Waals surface area contributed by atoms with Crippen LogP contribution in [0, 0.1) is 0 Å². The first-order valence-electron chi connectivity index (χ1n) is 5.77. The monoisotopic (exact) mass is 245 g/mol. The van der Waals surface area contributed by atoms with Crippen LogP contribution in [-0.4, -0.2) is 26.7 Å². The second-order valence-corrected chi connectivity index (χ2v) is 9.31. The second kappa shape index (κ2) is 7.43. The van der Waals surface area contributed by atoms with Crippen molar-refractivity contribution in [3.63, 3.8) is 0 Å². The van der Waals surface area contributed by atoms with Crippen molar-refractivity contribution in [3.05, 3.63) is 0 Å². The van der Waals surface area contributed by atoms with E-state index in [9.17, 15) is 9.59 Å². The summed E-state index contributed by atoms with van der Waals surface area (Å²) in [5, 5.41) is 2.72. The van der Waals surface area contributed by atoms with Crippen molar-refractivity contribution in [1.82, 2.24) is 5.32 Å². The summed E-state index contributed by atoms with van der Waals surface area (Å²) in [6.07, 6.45) is 3.19. The van der Waals surface area contributed by atoms with Gasteiger partial charge in [-0.15, -0.1) is 0 Å². The SMILES string of the molecule is CC(=O)NCCCCCC(=O)O[Si](C)(C)C. The fourth-order valence-electron chi connectivity index (χ4n) is 1.23. The molecule has 0 bridgehead atoms. The van der Waals surface area contributed by atoms with Crippen LogP contribution in [0.2, 0.25) is 19.6 Å². The van der Waals surface area contributed by atoms with Crippen LogP contribution in [0.3, 0.4) is 0 Å². The van der Waals surface area contributed by atoms with Crippen LogP contribution in [0.4, 0.5) is 0 Å².